The zero-order valence-corrected chi connectivity index (χ0v) is 16.7. The standard InChI is InChI=1S/C20H28N2O6/c1-7-8-15(27-11-12(2)3)14(5)28-20(25)13(4)22-19(24)17-18(23)16(26-6)9-10-21-17/h7,9-10,13-15,23H,1-2,8,11H2,3-6H3,(H,22,24)/t13-,14-,15+/m0/s1. The summed E-state index contributed by atoms with van der Waals surface area (Å²) in [5.74, 6) is -1.67. The van der Waals surface area contributed by atoms with Crippen LogP contribution in [0.2, 0.25) is 0 Å². The lowest BCUT2D eigenvalue weighted by Gasteiger charge is -2.25. The summed E-state index contributed by atoms with van der Waals surface area (Å²) in [6.07, 6.45) is 2.54. The van der Waals surface area contributed by atoms with Gasteiger partial charge in [-0.15, -0.1) is 6.58 Å². The number of ether oxygens (including phenoxy) is 3. The molecule has 0 aliphatic rings. The van der Waals surface area contributed by atoms with E-state index in [1.54, 1.807) is 13.0 Å². The van der Waals surface area contributed by atoms with Gasteiger partial charge in [-0.1, -0.05) is 18.2 Å². The van der Waals surface area contributed by atoms with Gasteiger partial charge in [0.15, 0.2) is 17.2 Å². The van der Waals surface area contributed by atoms with E-state index in [0.29, 0.717) is 13.0 Å². The zero-order chi connectivity index (χ0) is 21.3. The van der Waals surface area contributed by atoms with E-state index in [2.05, 4.69) is 23.5 Å². The number of aromatic hydroxyl groups is 1. The number of nitrogens with one attached hydrogen (secondary N) is 1. The van der Waals surface area contributed by atoms with Gasteiger partial charge in [-0.2, -0.15) is 0 Å². The van der Waals surface area contributed by atoms with Crippen LogP contribution in [0, 0.1) is 0 Å². The summed E-state index contributed by atoms with van der Waals surface area (Å²) in [5, 5.41) is 12.4. The molecule has 1 amide bonds. The second kappa shape index (κ2) is 11.1. The average Bonchev–Trinajstić information content (AvgIpc) is 2.64. The maximum absolute atomic E-state index is 12.3. The predicted octanol–water partition coefficient (Wildman–Crippen LogP) is 2.38. The molecular weight excluding hydrogens is 364 g/mol. The number of hydrogen-bond donors (Lipinski definition) is 2. The molecule has 3 atom stereocenters. The molecular formula is C20H28N2O6. The van der Waals surface area contributed by atoms with E-state index in [9.17, 15) is 14.7 Å². The molecule has 28 heavy (non-hydrogen) atoms. The van der Waals surface area contributed by atoms with Crippen LogP contribution in [0.15, 0.2) is 37.1 Å². The second-order valence-electron chi connectivity index (χ2n) is 6.38. The van der Waals surface area contributed by atoms with Crippen LogP contribution >= 0.6 is 0 Å². The molecule has 0 unspecified atom stereocenters. The zero-order valence-electron chi connectivity index (χ0n) is 16.7. The third-order valence-electron chi connectivity index (χ3n) is 3.79. The fraction of sp³-hybridized carbons (Fsp3) is 0.450. The molecule has 0 bridgehead atoms. The molecule has 2 N–H and O–H groups in total. The van der Waals surface area contributed by atoms with Crippen molar-refractivity contribution in [3.8, 4) is 11.5 Å². The van der Waals surface area contributed by atoms with Crippen molar-refractivity contribution in [3.05, 3.63) is 42.8 Å². The first kappa shape index (κ1) is 23.2. The van der Waals surface area contributed by atoms with Crippen LogP contribution in [-0.4, -0.2) is 53.9 Å². The Morgan fingerprint density at radius 3 is 2.64 bits per heavy atom. The van der Waals surface area contributed by atoms with Gasteiger partial charge in [0.2, 0.25) is 0 Å². The third kappa shape index (κ3) is 6.70. The molecule has 8 heteroatoms. The minimum atomic E-state index is -0.965. The summed E-state index contributed by atoms with van der Waals surface area (Å²) in [5.41, 5.74) is 0.597. The van der Waals surface area contributed by atoms with E-state index in [0.717, 1.165) is 5.57 Å². The fourth-order valence-electron chi connectivity index (χ4n) is 2.26. The van der Waals surface area contributed by atoms with E-state index in [4.69, 9.17) is 14.2 Å². The summed E-state index contributed by atoms with van der Waals surface area (Å²) in [4.78, 5) is 28.5. The van der Waals surface area contributed by atoms with Gasteiger partial charge in [-0.3, -0.25) is 4.79 Å². The van der Waals surface area contributed by atoms with E-state index in [1.165, 1.54) is 26.3 Å². The van der Waals surface area contributed by atoms with Crippen molar-refractivity contribution in [1.82, 2.24) is 10.3 Å². The highest BCUT2D eigenvalue weighted by Crippen LogP contribution is 2.27. The number of esters is 1. The molecule has 1 aromatic heterocycles. The molecule has 0 radical (unpaired) electrons. The molecule has 0 spiro atoms. The van der Waals surface area contributed by atoms with Crippen LogP contribution < -0.4 is 10.1 Å². The summed E-state index contributed by atoms with van der Waals surface area (Å²) < 4.78 is 16.0. The maximum atomic E-state index is 12.3. The number of aromatic nitrogens is 1. The Kier molecular flexibility index (Phi) is 9.17. The Labute approximate surface area is 165 Å². The van der Waals surface area contributed by atoms with Gasteiger partial charge in [-0.25, -0.2) is 9.78 Å². The highest BCUT2D eigenvalue weighted by atomic mass is 16.6. The van der Waals surface area contributed by atoms with Crippen LogP contribution in [0.25, 0.3) is 0 Å². The number of carbonyl (C=O) groups is 2. The first-order chi connectivity index (χ1) is 13.2. The first-order valence-electron chi connectivity index (χ1n) is 8.81. The van der Waals surface area contributed by atoms with Crippen LogP contribution in [0.4, 0.5) is 0 Å². The highest BCUT2D eigenvalue weighted by Gasteiger charge is 2.26. The number of pyridine rings is 1. The van der Waals surface area contributed by atoms with Gasteiger partial charge in [0.25, 0.3) is 5.91 Å². The lowest BCUT2D eigenvalue weighted by atomic mass is 10.1. The Hall–Kier alpha value is -2.87. The molecule has 1 aromatic rings. The topological polar surface area (TPSA) is 107 Å². The van der Waals surface area contributed by atoms with Crippen molar-refractivity contribution < 1.29 is 28.9 Å². The van der Waals surface area contributed by atoms with Gasteiger partial charge < -0.3 is 24.6 Å². The number of hydrogen-bond acceptors (Lipinski definition) is 7. The normalized spacial score (nSPS) is 13.7. The maximum Gasteiger partial charge on any atom is 0.328 e. The van der Waals surface area contributed by atoms with E-state index >= 15 is 0 Å². The van der Waals surface area contributed by atoms with Gasteiger partial charge in [-0.05, 0) is 27.2 Å². The summed E-state index contributed by atoms with van der Waals surface area (Å²) in [6, 6.07) is 0.448. The molecule has 1 rings (SSSR count). The van der Waals surface area contributed by atoms with Crippen molar-refractivity contribution in [1.29, 1.82) is 0 Å². The van der Waals surface area contributed by atoms with Gasteiger partial charge in [0.05, 0.1) is 19.8 Å². The van der Waals surface area contributed by atoms with Crippen LogP contribution in [0.3, 0.4) is 0 Å². The SMILES string of the molecule is C=CC[C@@H](OCC(=C)C)[C@H](C)OC(=O)[C@H](C)NC(=O)c1nccc(OC)c1O. The van der Waals surface area contributed by atoms with Gasteiger partial charge >= 0.3 is 5.97 Å². The minimum Gasteiger partial charge on any atom is -0.503 e. The van der Waals surface area contributed by atoms with Crippen LogP contribution in [0.1, 0.15) is 37.7 Å². The number of nitrogens with zero attached hydrogens (tertiary/aromatic N) is 1. The smallest absolute Gasteiger partial charge is 0.328 e. The Balaban J connectivity index is 2.72. The number of rotatable bonds is 11. The first-order valence-corrected chi connectivity index (χ1v) is 8.81. The Morgan fingerprint density at radius 2 is 2.07 bits per heavy atom. The molecule has 154 valence electrons. The quantitative estimate of drug-likeness (QED) is 0.440. The summed E-state index contributed by atoms with van der Waals surface area (Å²) in [6.45, 7) is 12.8. The van der Waals surface area contributed by atoms with Crippen LogP contribution in [0.5, 0.6) is 11.5 Å². The van der Waals surface area contributed by atoms with Crippen molar-refractivity contribution in [2.45, 2.75) is 45.4 Å². The lowest BCUT2D eigenvalue weighted by Crippen LogP contribution is -2.42. The van der Waals surface area contributed by atoms with E-state index in [1.807, 2.05) is 6.92 Å². The highest BCUT2D eigenvalue weighted by molar-refractivity contribution is 5.97. The van der Waals surface area contributed by atoms with Crippen LogP contribution in [-0.2, 0) is 14.3 Å². The number of amides is 1. The molecule has 0 fully saturated rings. The van der Waals surface area contributed by atoms with Crippen molar-refractivity contribution in [3.63, 3.8) is 0 Å². The minimum absolute atomic E-state index is 0.103. The van der Waals surface area contributed by atoms with Crippen molar-refractivity contribution >= 4 is 11.9 Å². The van der Waals surface area contributed by atoms with Gasteiger partial charge in [0, 0.05) is 12.3 Å². The number of methoxy groups -OCH3 is 1. The second-order valence-corrected chi connectivity index (χ2v) is 6.38. The fourth-order valence-corrected chi connectivity index (χ4v) is 2.26. The molecule has 1 heterocycles. The predicted molar refractivity (Wildman–Crippen MR) is 104 cm³/mol. The number of carbonyl (C=O) groups excluding carboxylic acids is 2. The molecule has 0 saturated carbocycles. The monoisotopic (exact) mass is 392 g/mol. The van der Waals surface area contributed by atoms with Crippen molar-refractivity contribution in [2.75, 3.05) is 13.7 Å². The van der Waals surface area contributed by atoms with Crippen molar-refractivity contribution in [2.24, 2.45) is 0 Å². The molecule has 8 nitrogen and oxygen atoms in total. The molecule has 0 saturated heterocycles. The van der Waals surface area contributed by atoms with E-state index < -0.39 is 29.8 Å². The molecule has 0 aliphatic carbocycles. The Morgan fingerprint density at radius 1 is 1.39 bits per heavy atom. The lowest BCUT2D eigenvalue weighted by molar-refractivity contribution is -0.157. The Bertz CT molecular complexity index is 719. The molecule has 0 aliphatic heterocycles. The van der Waals surface area contributed by atoms with E-state index in [-0.39, 0.29) is 17.5 Å². The largest absolute Gasteiger partial charge is 0.503 e. The summed E-state index contributed by atoms with van der Waals surface area (Å²) in [7, 11) is 1.35. The third-order valence-corrected chi connectivity index (χ3v) is 3.79. The summed E-state index contributed by atoms with van der Waals surface area (Å²) >= 11 is 0. The average molecular weight is 392 g/mol. The van der Waals surface area contributed by atoms with Gasteiger partial charge in [0.1, 0.15) is 12.1 Å². The molecule has 0 aromatic carbocycles.